The minimum Gasteiger partial charge on any atom is -0.481 e. The first-order chi connectivity index (χ1) is 8.68. The summed E-state index contributed by atoms with van der Waals surface area (Å²) in [5, 5.41) is 22.0. The van der Waals surface area contributed by atoms with Gasteiger partial charge in [0.1, 0.15) is 6.04 Å². The number of nitrogens with one attached hydrogen (secondary N) is 2. The van der Waals surface area contributed by atoms with E-state index in [9.17, 15) is 14.4 Å². The summed E-state index contributed by atoms with van der Waals surface area (Å²) in [6.45, 7) is 3.18. The molecule has 0 unspecified atom stereocenters. The predicted molar refractivity (Wildman–Crippen MR) is 67.5 cm³/mol. The number of carboxylic acid groups (broad SMARTS) is 2. The van der Waals surface area contributed by atoms with Gasteiger partial charge >= 0.3 is 18.0 Å². The maximum absolute atomic E-state index is 11.5. The molecular weight excluding hydrogens is 252 g/mol. The molecule has 106 valence electrons. The number of hydrogen-bond acceptors (Lipinski definition) is 3. The van der Waals surface area contributed by atoms with Gasteiger partial charge in [-0.2, -0.15) is 0 Å². The van der Waals surface area contributed by atoms with E-state index in [0.29, 0.717) is 0 Å². The van der Waals surface area contributed by atoms with Crippen LogP contribution in [-0.4, -0.2) is 39.8 Å². The summed E-state index contributed by atoms with van der Waals surface area (Å²) in [5.74, 6) is 0.101. The molecule has 0 saturated heterocycles. The van der Waals surface area contributed by atoms with Gasteiger partial charge in [-0.05, 0) is 26.7 Å². The van der Waals surface area contributed by atoms with Crippen LogP contribution >= 0.6 is 0 Å². The van der Waals surface area contributed by atoms with Crippen molar-refractivity contribution in [2.24, 2.45) is 0 Å². The van der Waals surface area contributed by atoms with Crippen molar-refractivity contribution in [2.45, 2.75) is 44.7 Å². The summed E-state index contributed by atoms with van der Waals surface area (Å²) in [4.78, 5) is 32.8. The minimum atomic E-state index is -1.22. The second-order valence-electron chi connectivity index (χ2n) is 4.54. The van der Waals surface area contributed by atoms with Crippen molar-refractivity contribution in [3.8, 4) is 12.3 Å². The van der Waals surface area contributed by atoms with Gasteiger partial charge in [0.2, 0.25) is 0 Å². The van der Waals surface area contributed by atoms with Gasteiger partial charge in [0.25, 0.3) is 0 Å². The molecule has 0 bridgehead atoms. The minimum absolute atomic E-state index is 0.0333. The lowest BCUT2D eigenvalue weighted by Crippen LogP contribution is -2.52. The number of terminal acetylenes is 1. The Balaban J connectivity index is 4.36. The molecule has 1 atom stereocenters. The van der Waals surface area contributed by atoms with Gasteiger partial charge in [0.15, 0.2) is 0 Å². The van der Waals surface area contributed by atoms with E-state index in [1.54, 1.807) is 13.8 Å². The van der Waals surface area contributed by atoms with Crippen LogP contribution in [0, 0.1) is 12.3 Å². The van der Waals surface area contributed by atoms with Gasteiger partial charge < -0.3 is 20.8 Å². The largest absolute Gasteiger partial charge is 0.481 e. The molecule has 0 spiro atoms. The average molecular weight is 270 g/mol. The third-order valence-electron chi connectivity index (χ3n) is 2.27. The molecule has 0 radical (unpaired) electrons. The lowest BCUT2D eigenvalue weighted by molar-refractivity contribution is -0.140. The highest BCUT2D eigenvalue weighted by Gasteiger charge is 2.23. The molecular formula is C12H18N2O5. The number of aliphatic carboxylic acids is 2. The Hall–Kier alpha value is -2.23. The van der Waals surface area contributed by atoms with Crippen molar-refractivity contribution in [3.63, 3.8) is 0 Å². The fourth-order valence-corrected chi connectivity index (χ4v) is 1.23. The van der Waals surface area contributed by atoms with E-state index in [2.05, 4.69) is 16.6 Å². The number of urea groups is 1. The van der Waals surface area contributed by atoms with Crippen molar-refractivity contribution >= 4 is 18.0 Å². The molecule has 0 aliphatic carbocycles. The highest BCUT2D eigenvalue weighted by molar-refractivity contribution is 5.83. The molecule has 7 nitrogen and oxygen atoms in total. The first-order valence-electron chi connectivity index (χ1n) is 5.69. The van der Waals surface area contributed by atoms with Crippen LogP contribution in [0.2, 0.25) is 0 Å². The molecule has 4 N–H and O–H groups in total. The molecule has 7 heteroatoms. The zero-order valence-electron chi connectivity index (χ0n) is 10.9. The van der Waals surface area contributed by atoms with Crippen LogP contribution in [0.3, 0.4) is 0 Å². The average Bonchev–Trinajstić information content (AvgIpc) is 2.26. The van der Waals surface area contributed by atoms with Crippen LogP contribution in [0.1, 0.15) is 33.1 Å². The van der Waals surface area contributed by atoms with Crippen LogP contribution in [-0.2, 0) is 9.59 Å². The van der Waals surface area contributed by atoms with Crippen LogP contribution in [0.15, 0.2) is 0 Å². The molecule has 0 rings (SSSR count). The van der Waals surface area contributed by atoms with E-state index >= 15 is 0 Å². The highest BCUT2D eigenvalue weighted by Crippen LogP contribution is 2.03. The maximum atomic E-state index is 11.5. The monoisotopic (exact) mass is 270 g/mol. The Morgan fingerprint density at radius 1 is 1.32 bits per heavy atom. The summed E-state index contributed by atoms with van der Waals surface area (Å²) in [5.41, 5.74) is -0.895. The van der Waals surface area contributed by atoms with Gasteiger partial charge in [0, 0.05) is 6.42 Å². The molecule has 19 heavy (non-hydrogen) atoms. The van der Waals surface area contributed by atoms with Crippen molar-refractivity contribution in [3.05, 3.63) is 0 Å². The normalized spacial score (nSPS) is 12.1. The summed E-state index contributed by atoms with van der Waals surface area (Å²) < 4.78 is 0. The lowest BCUT2D eigenvalue weighted by Gasteiger charge is -2.22. The number of hydrogen-bond donors (Lipinski definition) is 4. The van der Waals surface area contributed by atoms with Crippen molar-refractivity contribution < 1.29 is 24.6 Å². The van der Waals surface area contributed by atoms with E-state index in [1.807, 2.05) is 0 Å². The van der Waals surface area contributed by atoms with Gasteiger partial charge in [-0.25, -0.2) is 9.59 Å². The quantitative estimate of drug-likeness (QED) is 0.500. The van der Waals surface area contributed by atoms with Gasteiger partial charge in [-0.3, -0.25) is 4.79 Å². The topological polar surface area (TPSA) is 116 Å². The van der Waals surface area contributed by atoms with E-state index in [4.69, 9.17) is 16.6 Å². The van der Waals surface area contributed by atoms with E-state index < -0.39 is 29.6 Å². The maximum Gasteiger partial charge on any atom is 0.326 e. The van der Waals surface area contributed by atoms with E-state index in [-0.39, 0.29) is 19.3 Å². The molecule has 0 aliphatic heterocycles. The van der Waals surface area contributed by atoms with Gasteiger partial charge in [0.05, 0.1) is 5.54 Å². The molecule has 0 heterocycles. The van der Waals surface area contributed by atoms with Crippen molar-refractivity contribution in [2.75, 3.05) is 0 Å². The number of amides is 2. The molecule has 0 aromatic heterocycles. The summed E-state index contributed by atoms with van der Waals surface area (Å²) in [6, 6.07) is -1.85. The first-order valence-corrected chi connectivity index (χ1v) is 5.69. The molecule has 0 aromatic carbocycles. The summed E-state index contributed by atoms with van der Waals surface area (Å²) in [7, 11) is 0. The molecule has 0 fully saturated rings. The van der Waals surface area contributed by atoms with Gasteiger partial charge in [-0.15, -0.1) is 6.42 Å². The Morgan fingerprint density at radius 2 is 1.89 bits per heavy atom. The second-order valence-corrected chi connectivity index (χ2v) is 4.54. The zero-order valence-corrected chi connectivity index (χ0v) is 10.9. The van der Waals surface area contributed by atoms with Crippen molar-refractivity contribution in [1.29, 1.82) is 0 Å². The Kier molecular flexibility index (Phi) is 6.41. The number of rotatable bonds is 7. The number of carbonyl (C=O) groups excluding carboxylic acids is 1. The standard InChI is InChI=1S/C12H18N2O5/c1-4-12(2,3)14-11(19)13-8(10(17)18)6-5-7-9(15)16/h1,8H,5-7H2,2-3H3,(H,15,16)(H,17,18)(H2,13,14,19)/t8-/m1/s1. The molecule has 2 amide bonds. The lowest BCUT2D eigenvalue weighted by atomic mass is 10.1. The number of carbonyl (C=O) groups is 3. The summed E-state index contributed by atoms with van der Waals surface area (Å²) in [6.07, 6.45) is 5.23. The fraction of sp³-hybridized carbons (Fsp3) is 0.583. The smallest absolute Gasteiger partial charge is 0.326 e. The van der Waals surface area contributed by atoms with Crippen LogP contribution in [0.4, 0.5) is 4.79 Å². The SMILES string of the molecule is C#CC(C)(C)NC(=O)N[C@H](CCCC(=O)O)C(=O)O. The first kappa shape index (κ1) is 16.8. The third-order valence-corrected chi connectivity index (χ3v) is 2.27. The van der Waals surface area contributed by atoms with Crippen molar-refractivity contribution in [1.82, 2.24) is 10.6 Å². The summed E-state index contributed by atoms with van der Waals surface area (Å²) >= 11 is 0. The fourth-order valence-electron chi connectivity index (χ4n) is 1.23. The van der Waals surface area contributed by atoms with Crippen LogP contribution in [0.25, 0.3) is 0 Å². The Labute approximate surface area is 111 Å². The zero-order chi connectivity index (χ0) is 15.1. The van der Waals surface area contributed by atoms with E-state index in [0.717, 1.165) is 0 Å². The molecule has 0 aromatic rings. The van der Waals surface area contributed by atoms with E-state index in [1.165, 1.54) is 0 Å². The number of carboxylic acids is 2. The molecule has 0 saturated carbocycles. The Morgan fingerprint density at radius 3 is 2.32 bits per heavy atom. The predicted octanol–water partition coefficient (Wildman–Crippen LogP) is 0.406. The van der Waals surface area contributed by atoms with Gasteiger partial charge in [-0.1, -0.05) is 5.92 Å². The molecule has 0 aliphatic rings. The Bertz CT molecular complexity index is 397. The third kappa shape index (κ3) is 7.65. The second kappa shape index (κ2) is 7.26. The highest BCUT2D eigenvalue weighted by atomic mass is 16.4. The van der Waals surface area contributed by atoms with Crippen LogP contribution < -0.4 is 10.6 Å². The van der Waals surface area contributed by atoms with Crippen LogP contribution in [0.5, 0.6) is 0 Å².